The number of fused-ring (bicyclic) bond motifs is 1. The second kappa shape index (κ2) is 10.3. The Morgan fingerprint density at radius 2 is 1.74 bits per heavy atom. The van der Waals surface area contributed by atoms with Crippen LogP contribution in [-0.4, -0.2) is 82.8 Å². The van der Waals surface area contributed by atoms with Gasteiger partial charge < -0.3 is 14.5 Å². The fourth-order valence-electron chi connectivity index (χ4n) is 4.26. The number of hydrogen-bond donors (Lipinski definition) is 0. The molecule has 9 heteroatoms. The first-order valence-electron chi connectivity index (χ1n) is 11.7. The van der Waals surface area contributed by atoms with Gasteiger partial charge in [-0.15, -0.1) is 0 Å². The minimum Gasteiger partial charge on any atom is -0.444 e. The Morgan fingerprint density at radius 3 is 2.38 bits per heavy atom. The summed E-state index contributed by atoms with van der Waals surface area (Å²) in [7, 11) is 0. The van der Waals surface area contributed by atoms with Crippen molar-refractivity contribution < 1.29 is 14.3 Å². The zero-order chi connectivity index (χ0) is 24.3. The van der Waals surface area contributed by atoms with Gasteiger partial charge in [0.1, 0.15) is 11.4 Å². The highest BCUT2D eigenvalue weighted by Crippen LogP contribution is 2.30. The lowest BCUT2D eigenvalue weighted by atomic mass is 10.0. The number of amides is 1. The van der Waals surface area contributed by atoms with Gasteiger partial charge in [-0.05, 0) is 33.4 Å². The first-order valence-corrected chi connectivity index (χ1v) is 12.9. The second-order valence-corrected chi connectivity index (χ2v) is 10.4. The molecule has 0 aliphatic carbocycles. The number of anilines is 1. The lowest BCUT2D eigenvalue weighted by Gasteiger charge is -2.37. The molecule has 0 N–H and O–H groups in total. The van der Waals surface area contributed by atoms with Crippen molar-refractivity contribution in [3.63, 3.8) is 0 Å². The zero-order valence-electron chi connectivity index (χ0n) is 20.4. The third-order valence-corrected chi connectivity index (χ3v) is 6.54. The number of thioether (sulfide) groups is 1. The molecule has 2 aliphatic rings. The molecule has 8 nitrogen and oxygen atoms in total. The summed E-state index contributed by atoms with van der Waals surface area (Å²) in [5, 5.41) is 0.710. The van der Waals surface area contributed by atoms with Crippen LogP contribution in [0, 0.1) is 0 Å². The van der Waals surface area contributed by atoms with Crippen molar-refractivity contribution >= 4 is 29.5 Å². The third-order valence-electron chi connectivity index (χ3n) is 5.99. The zero-order valence-corrected chi connectivity index (χ0v) is 21.2. The van der Waals surface area contributed by atoms with Crippen LogP contribution >= 0.6 is 11.8 Å². The maximum atomic E-state index is 12.6. The van der Waals surface area contributed by atoms with Crippen molar-refractivity contribution in [2.45, 2.75) is 44.5 Å². The van der Waals surface area contributed by atoms with Gasteiger partial charge in [0.05, 0.1) is 18.8 Å². The normalized spacial score (nSPS) is 16.8. The van der Waals surface area contributed by atoms with E-state index in [1.54, 1.807) is 4.90 Å². The topological polar surface area (TPSA) is 78.9 Å². The van der Waals surface area contributed by atoms with E-state index in [1.165, 1.54) is 11.8 Å². The minimum absolute atomic E-state index is 0.153. The number of hydrogen-bond acceptors (Lipinski definition) is 8. The molecule has 0 saturated carbocycles. The molecule has 1 aromatic carbocycles. The van der Waals surface area contributed by atoms with Gasteiger partial charge in [-0.1, -0.05) is 42.1 Å². The standard InChI is InChI=1S/C25H33N5O3S/c1-25(2,3)33-24(32)30-11-10-19-20(16-30)26-23(34-4)27-22(19)29-14-12-28(13-15-29)17-21(31)18-8-6-5-7-9-18/h5-9H,10-17H2,1-4H3. The number of ketones is 1. The molecule has 3 heterocycles. The average Bonchev–Trinajstić information content (AvgIpc) is 2.83. The van der Waals surface area contributed by atoms with E-state index in [4.69, 9.17) is 14.7 Å². The minimum atomic E-state index is -0.528. The summed E-state index contributed by atoms with van der Waals surface area (Å²) in [6, 6.07) is 9.47. The first-order chi connectivity index (χ1) is 16.2. The maximum Gasteiger partial charge on any atom is 0.410 e. The van der Waals surface area contributed by atoms with E-state index < -0.39 is 5.60 Å². The van der Waals surface area contributed by atoms with Crippen LogP contribution in [0.3, 0.4) is 0 Å². The summed E-state index contributed by atoms with van der Waals surface area (Å²) in [5.74, 6) is 1.12. The highest BCUT2D eigenvalue weighted by atomic mass is 32.2. The quantitative estimate of drug-likeness (QED) is 0.363. The third kappa shape index (κ3) is 5.88. The van der Waals surface area contributed by atoms with Crippen molar-refractivity contribution in [3.8, 4) is 0 Å². The van der Waals surface area contributed by atoms with Crippen LogP contribution in [0.4, 0.5) is 10.6 Å². The number of rotatable bonds is 5. The molecule has 2 aromatic rings. The number of Topliss-reactive ketones (excluding diaryl/α,β-unsaturated/α-hetero) is 1. The fourth-order valence-corrected chi connectivity index (χ4v) is 4.64. The number of carbonyl (C=O) groups is 2. The van der Waals surface area contributed by atoms with Gasteiger partial charge in [0.25, 0.3) is 0 Å². The Morgan fingerprint density at radius 1 is 1.03 bits per heavy atom. The van der Waals surface area contributed by atoms with Gasteiger partial charge in [0.15, 0.2) is 10.9 Å². The number of ether oxygens (including phenoxy) is 1. The van der Waals surface area contributed by atoms with Crippen molar-refractivity contribution in [1.82, 2.24) is 19.8 Å². The molecule has 34 heavy (non-hydrogen) atoms. The molecular weight excluding hydrogens is 450 g/mol. The van der Waals surface area contributed by atoms with Crippen molar-refractivity contribution in [2.24, 2.45) is 0 Å². The highest BCUT2D eigenvalue weighted by Gasteiger charge is 2.31. The molecule has 1 aromatic heterocycles. The molecule has 0 spiro atoms. The van der Waals surface area contributed by atoms with Crippen molar-refractivity contribution in [2.75, 3.05) is 50.4 Å². The molecular formula is C25H33N5O3S. The Bertz CT molecular complexity index is 1030. The molecule has 182 valence electrons. The molecule has 1 saturated heterocycles. The van der Waals surface area contributed by atoms with Crippen LogP contribution in [0.15, 0.2) is 35.5 Å². The summed E-state index contributed by atoms with van der Waals surface area (Å²) >= 11 is 1.51. The molecule has 1 fully saturated rings. The van der Waals surface area contributed by atoms with Gasteiger partial charge in [0, 0.05) is 43.9 Å². The van der Waals surface area contributed by atoms with Crippen LogP contribution in [-0.2, 0) is 17.7 Å². The van der Waals surface area contributed by atoms with E-state index in [0.717, 1.165) is 48.8 Å². The molecule has 1 amide bonds. The average molecular weight is 484 g/mol. The Hall–Kier alpha value is -2.65. The van der Waals surface area contributed by atoms with Gasteiger partial charge >= 0.3 is 6.09 Å². The van der Waals surface area contributed by atoms with E-state index in [1.807, 2.05) is 57.4 Å². The van der Waals surface area contributed by atoms with Crippen molar-refractivity contribution in [3.05, 3.63) is 47.2 Å². The first kappa shape index (κ1) is 24.5. The van der Waals surface area contributed by atoms with Gasteiger partial charge in [-0.3, -0.25) is 9.69 Å². The predicted molar refractivity (Wildman–Crippen MR) is 134 cm³/mol. The Labute approximate surface area is 205 Å². The van der Waals surface area contributed by atoms with Gasteiger partial charge in [-0.2, -0.15) is 0 Å². The number of nitrogens with zero attached hydrogens (tertiary/aromatic N) is 5. The lowest BCUT2D eigenvalue weighted by Crippen LogP contribution is -2.49. The van der Waals surface area contributed by atoms with Crippen LogP contribution in [0.2, 0.25) is 0 Å². The fraction of sp³-hybridized carbons (Fsp3) is 0.520. The monoisotopic (exact) mass is 483 g/mol. The summed E-state index contributed by atoms with van der Waals surface area (Å²) in [6.07, 6.45) is 2.36. The smallest absolute Gasteiger partial charge is 0.410 e. The van der Waals surface area contributed by atoms with E-state index in [9.17, 15) is 9.59 Å². The maximum absolute atomic E-state index is 12.6. The Kier molecular flexibility index (Phi) is 7.42. The van der Waals surface area contributed by atoms with Crippen molar-refractivity contribution in [1.29, 1.82) is 0 Å². The predicted octanol–water partition coefficient (Wildman–Crippen LogP) is 3.50. The second-order valence-electron chi connectivity index (χ2n) is 9.66. The van der Waals surface area contributed by atoms with Gasteiger partial charge in [-0.25, -0.2) is 14.8 Å². The number of carbonyl (C=O) groups excluding carboxylic acids is 2. The van der Waals surface area contributed by atoms with Crippen LogP contribution in [0.1, 0.15) is 42.4 Å². The van der Waals surface area contributed by atoms with Crippen LogP contribution in [0.5, 0.6) is 0 Å². The van der Waals surface area contributed by atoms with E-state index in [-0.39, 0.29) is 11.9 Å². The number of aromatic nitrogens is 2. The number of piperazine rings is 1. The molecule has 2 aliphatic heterocycles. The SMILES string of the molecule is CSc1nc2c(c(N3CCN(CC(=O)c4ccccc4)CC3)n1)CCN(C(=O)OC(C)(C)C)C2. The lowest BCUT2D eigenvalue weighted by molar-refractivity contribution is 0.0220. The molecule has 0 radical (unpaired) electrons. The molecule has 0 unspecified atom stereocenters. The van der Waals surface area contributed by atoms with E-state index >= 15 is 0 Å². The van der Waals surface area contributed by atoms with Gasteiger partial charge in [0.2, 0.25) is 0 Å². The highest BCUT2D eigenvalue weighted by molar-refractivity contribution is 7.98. The Balaban J connectivity index is 1.44. The largest absolute Gasteiger partial charge is 0.444 e. The number of benzene rings is 1. The molecule has 4 rings (SSSR count). The van der Waals surface area contributed by atoms with Crippen LogP contribution in [0.25, 0.3) is 0 Å². The summed E-state index contributed by atoms with van der Waals surface area (Å²) < 4.78 is 5.57. The molecule has 0 bridgehead atoms. The molecule has 0 atom stereocenters. The van der Waals surface area contributed by atoms with E-state index in [0.29, 0.717) is 31.2 Å². The summed E-state index contributed by atoms with van der Waals surface area (Å²) in [6.45, 7) is 10.3. The summed E-state index contributed by atoms with van der Waals surface area (Å²) in [5.41, 5.74) is 2.24. The summed E-state index contributed by atoms with van der Waals surface area (Å²) in [4.78, 5) is 41.0. The van der Waals surface area contributed by atoms with Crippen LogP contribution < -0.4 is 4.90 Å². The van der Waals surface area contributed by atoms with E-state index in [2.05, 4.69) is 9.80 Å².